The monoisotopic (exact) mass is 438 g/mol. The number of nitrogens with one attached hydrogen (secondary N) is 1. The Balaban J connectivity index is 0.000000339. The second-order valence-electron chi connectivity index (χ2n) is 7.97. The van der Waals surface area contributed by atoms with Gasteiger partial charge in [-0.1, -0.05) is 30.3 Å². The van der Waals surface area contributed by atoms with Crippen LogP contribution in [0.25, 0.3) is 0 Å². The molecule has 7 nitrogen and oxygen atoms in total. The molecule has 0 aliphatic carbocycles. The molecule has 2 aliphatic rings. The number of aromatic nitrogens is 2. The molecule has 0 radical (unpaired) electrons. The number of carbonyl (C=O) groups is 2. The maximum absolute atomic E-state index is 12.1. The normalized spacial score (nSPS) is 20.8. The summed E-state index contributed by atoms with van der Waals surface area (Å²) in [5.74, 6) is -2.33. The molecule has 2 aromatic rings. The van der Waals surface area contributed by atoms with E-state index in [0.29, 0.717) is 6.42 Å². The number of carboxylic acids is 1. The van der Waals surface area contributed by atoms with Gasteiger partial charge in [-0.15, -0.1) is 0 Å². The first-order chi connectivity index (χ1) is 14.6. The number of piperidine rings is 1. The molecule has 10 heteroatoms. The number of halogens is 3. The van der Waals surface area contributed by atoms with E-state index in [1.54, 1.807) is 0 Å². The van der Waals surface area contributed by atoms with Gasteiger partial charge < -0.3 is 10.4 Å². The zero-order chi connectivity index (χ0) is 22.6. The third kappa shape index (κ3) is 5.63. The van der Waals surface area contributed by atoms with E-state index >= 15 is 0 Å². The molecular weight excluding hydrogens is 413 g/mol. The fraction of sp³-hybridized carbons (Fsp3) is 0.476. The zero-order valence-corrected chi connectivity index (χ0v) is 17.1. The minimum atomic E-state index is -5.08. The van der Waals surface area contributed by atoms with E-state index in [1.165, 1.54) is 11.1 Å². The second kappa shape index (κ2) is 9.09. The molecule has 1 aromatic carbocycles. The molecule has 1 spiro atoms. The number of nitrogens with zero attached hydrogens (tertiary/aromatic N) is 3. The van der Waals surface area contributed by atoms with Gasteiger partial charge in [0.25, 0.3) is 0 Å². The summed E-state index contributed by atoms with van der Waals surface area (Å²) in [4.78, 5) is 23.5. The van der Waals surface area contributed by atoms with Crippen LogP contribution in [0.15, 0.2) is 42.7 Å². The topological polar surface area (TPSA) is 87.5 Å². The lowest BCUT2D eigenvalue weighted by molar-refractivity contribution is -0.192. The van der Waals surface area contributed by atoms with Gasteiger partial charge in [0.2, 0.25) is 5.91 Å². The van der Waals surface area contributed by atoms with Crippen molar-refractivity contribution < 1.29 is 27.9 Å². The van der Waals surface area contributed by atoms with Crippen molar-refractivity contribution in [2.75, 3.05) is 13.1 Å². The van der Waals surface area contributed by atoms with Crippen LogP contribution in [0.1, 0.15) is 36.3 Å². The molecule has 2 saturated heterocycles. The Kier molecular flexibility index (Phi) is 6.68. The van der Waals surface area contributed by atoms with Crippen LogP contribution in [0.5, 0.6) is 0 Å². The maximum atomic E-state index is 12.1. The van der Waals surface area contributed by atoms with Crippen molar-refractivity contribution in [1.29, 1.82) is 0 Å². The highest BCUT2D eigenvalue weighted by Crippen LogP contribution is 2.43. The first kappa shape index (κ1) is 22.8. The highest BCUT2D eigenvalue weighted by molar-refractivity contribution is 5.81. The fourth-order valence-corrected chi connectivity index (χ4v) is 4.28. The molecule has 1 amide bonds. The number of benzene rings is 1. The predicted octanol–water partition coefficient (Wildman–Crippen LogP) is 2.69. The molecule has 0 saturated carbocycles. The van der Waals surface area contributed by atoms with Gasteiger partial charge in [-0.05, 0) is 24.0 Å². The molecule has 2 N–H and O–H groups in total. The Morgan fingerprint density at radius 2 is 1.87 bits per heavy atom. The van der Waals surface area contributed by atoms with Gasteiger partial charge in [-0.2, -0.15) is 18.3 Å². The van der Waals surface area contributed by atoms with Crippen LogP contribution in [0.3, 0.4) is 0 Å². The van der Waals surface area contributed by atoms with E-state index in [1.807, 2.05) is 17.9 Å². The Morgan fingerprint density at radius 1 is 1.26 bits per heavy atom. The van der Waals surface area contributed by atoms with Crippen LogP contribution in [-0.2, 0) is 23.2 Å². The van der Waals surface area contributed by atoms with Crippen molar-refractivity contribution in [2.24, 2.45) is 7.05 Å². The maximum Gasteiger partial charge on any atom is 0.490 e. The van der Waals surface area contributed by atoms with E-state index in [-0.39, 0.29) is 17.4 Å². The minimum Gasteiger partial charge on any atom is -0.475 e. The van der Waals surface area contributed by atoms with Crippen LogP contribution in [-0.4, -0.2) is 56.5 Å². The van der Waals surface area contributed by atoms with E-state index in [0.717, 1.165) is 32.5 Å². The zero-order valence-electron chi connectivity index (χ0n) is 17.1. The molecule has 3 heterocycles. The average molecular weight is 438 g/mol. The summed E-state index contributed by atoms with van der Waals surface area (Å²) in [6.07, 6.45) is 1.49. The summed E-state index contributed by atoms with van der Waals surface area (Å²) in [5, 5.41) is 14.7. The standard InChI is InChI=1S/C19H24N4O.C2HF3O2/c1-22-14-16(12-20-22)17-11-18(24)21-19(17)7-9-23(10-8-19)13-15-5-3-2-4-6-15;3-2(4,5)1(6)7/h2-6,12,14,17H,7-11,13H2,1H3,(H,21,24);(H,6,7). The number of amides is 1. The van der Waals surface area contributed by atoms with E-state index in [4.69, 9.17) is 9.90 Å². The van der Waals surface area contributed by atoms with Crippen molar-refractivity contribution in [3.63, 3.8) is 0 Å². The van der Waals surface area contributed by atoms with E-state index in [9.17, 15) is 18.0 Å². The number of hydrogen-bond acceptors (Lipinski definition) is 4. The lowest BCUT2D eigenvalue weighted by Gasteiger charge is -2.42. The molecule has 2 aliphatic heterocycles. The number of carbonyl (C=O) groups excluding carboxylic acids is 1. The summed E-state index contributed by atoms with van der Waals surface area (Å²) < 4.78 is 33.6. The highest BCUT2D eigenvalue weighted by atomic mass is 19.4. The highest BCUT2D eigenvalue weighted by Gasteiger charge is 2.49. The summed E-state index contributed by atoms with van der Waals surface area (Å²) in [5.41, 5.74) is 2.45. The van der Waals surface area contributed by atoms with Gasteiger partial charge in [-0.25, -0.2) is 4.79 Å². The lowest BCUT2D eigenvalue weighted by Crippen LogP contribution is -2.53. The van der Waals surface area contributed by atoms with E-state index in [2.05, 4.69) is 51.8 Å². The number of likely N-dealkylation sites (tertiary alicyclic amines) is 1. The van der Waals surface area contributed by atoms with Crippen LogP contribution in [0.2, 0.25) is 0 Å². The molecule has 31 heavy (non-hydrogen) atoms. The van der Waals surface area contributed by atoms with Crippen LogP contribution >= 0.6 is 0 Å². The Labute approximate surface area is 177 Å². The molecule has 0 bridgehead atoms. The lowest BCUT2D eigenvalue weighted by atomic mass is 9.75. The minimum absolute atomic E-state index is 0.0900. The van der Waals surface area contributed by atoms with Crippen molar-refractivity contribution in [3.8, 4) is 0 Å². The van der Waals surface area contributed by atoms with Gasteiger partial charge in [0.15, 0.2) is 0 Å². The summed E-state index contributed by atoms with van der Waals surface area (Å²) in [7, 11) is 1.93. The number of hydrogen-bond donors (Lipinski definition) is 2. The van der Waals surface area contributed by atoms with E-state index < -0.39 is 12.1 Å². The number of aryl methyl sites for hydroxylation is 1. The number of rotatable bonds is 3. The molecule has 1 unspecified atom stereocenters. The Morgan fingerprint density at radius 3 is 2.39 bits per heavy atom. The molecule has 1 atom stereocenters. The van der Waals surface area contributed by atoms with Gasteiger partial charge in [-0.3, -0.25) is 14.4 Å². The van der Waals surface area contributed by atoms with Crippen LogP contribution < -0.4 is 5.32 Å². The Bertz CT molecular complexity index is 906. The first-order valence-corrected chi connectivity index (χ1v) is 9.95. The van der Waals surface area contributed by atoms with Gasteiger partial charge in [0, 0.05) is 50.8 Å². The second-order valence-corrected chi connectivity index (χ2v) is 7.97. The molecule has 4 rings (SSSR count). The molecule has 2 fully saturated rings. The van der Waals surface area contributed by atoms with Gasteiger partial charge >= 0.3 is 12.1 Å². The number of carboxylic acid groups (broad SMARTS) is 1. The Hall–Kier alpha value is -2.88. The first-order valence-electron chi connectivity index (χ1n) is 9.95. The van der Waals surface area contributed by atoms with Gasteiger partial charge in [0.05, 0.1) is 6.20 Å². The third-order valence-electron chi connectivity index (χ3n) is 5.81. The SMILES string of the molecule is Cn1cc(C2CC(=O)NC23CCN(Cc2ccccc2)CC3)cn1.O=C(O)C(F)(F)F. The molecule has 168 valence electrons. The molecule has 1 aromatic heterocycles. The van der Waals surface area contributed by atoms with Crippen molar-refractivity contribution >= 4 is 11.9 Å². The predicted molar refractivity (Wildman–Crippen MR) is 106 cm³/mol. The number of alkyl halides is 3. The average Bonchev–Trinajstić information content (AvgIpc) is 3.27. The van der Waals surface area contributed by atoms with Crippen molar-refractivity contribution in [1.82, 2.24) is 20.0 Å². The largest absolute Gasteiger partial charge is 0.490 e. The van der Waals surface area contributed by atoms with Gasteiger partial charge in [0.1, 0.15) is 0 Å². The smallest absolute Gasteiger partial charge is 0.475 e. The van der Waals surface area contributed by atoms with Crippen molar-refractivity contribution in [2.45, 2.75) is 43.4 Å². The summed E-state index contributed by atoms with van der Waals surface area (Å²) >= 11 is 0. The van der Waals surface area contributed by atoms with Crippen molar-refractivity contribution in [3.05, 3.63) is 53.9 Å². The van der Waals surface area contributed by atoms with Crippen LogP contribution in [0, 0.1) is 0 Å². The molecular formula is C21H25F3N4O3. The number of aliphatic carboxylic acids is 1. The summed E-state index contributed by atoms with van der Waals surface area (Å²) in [6, 6.07) is 10.6. The fourth-order valence-electron chi connectivity index (χ4n) is 4.28. The van der Waals surface area contributed by atoms with Crippen LogP contribution in [0.4, 0.5) is 13.2 Å². The quantitative estimate of drug-likeness (QED) is 0.770. The third-order valence-corrected chi connectivity index (χ3v) is 5.81. The summed E-state index contributed by atoms with van der Waals surface area (Å²) in [6.45, 7) is 3.03.